The molecular formula is C21H34IN5O. The Morgan fingerprint density at radius 1 is 1.11 bits per heavy atom. The van der Waals surface area contributed by atoms with Crippen LogP contribution in [-0.2, 0) is 18.3 Å². The molecule has 1 heterocycles. The number of halogens is 1. The van der Waals surface area contributed by atoms with Crippen molar-refractivity contribution in [2.24, 2.45) is 4.99 Å². The number of hydrogen-bond donors (Lipinski definition) is 2. The third-order valence-electron chi connectivity index (χ3n) is 4.26. The van der Waals surface area contributed by atoms with E-state index in [4.69, 9.17) is 4.52 Å². The fourth-order valence-corrected chi connectivity index (χ4v) is 2.70. The number of rotatable bonds is 8. The highest BCUT2D eigenvalue weighted by atomic mass is 127. The van der Waals surface area contributed by atoms with Crippen LogP contribution in [0.3, 0.4) is 0 Å². The molecule has 0 bridgehead atoms. The number of benzene rings is 1. The Labute approximate surface area is 186 Å². The molecule has 2 aromatic rings. The summed E-state index contributed by atoms with van der Waals surface area (Å²) < 4.78 is 5.12. The summed E-state index contributed by atoms with van der Waals surface area (Å²) in [5, 5.41) is 10.5. The molecular weight excluding hydrogens is 465 g/mol. The molecule has 0 atom stereocenters. The summed E-state index contributed by atoms with van der Waals surface area (Å²) in [5.74, 6) is 2.21. The van der Waals surface area contributed by atoms with E-state index in [9.17, 15) is 0 Å². The fraction of sp³-hybridized carbons (Fsp3) is 0.571. The second kappa shape index (κ2) is 12.0. The van der Waals surface area contributed by atoms with E-state index in [1.807, 2.05) is 6.92 Å². The Morgan fingerprint density at radius 3 is 2.39 bits per heavy atom. The van der Waals surface area contributed by atoms with Gasteiger partial charge in [-0.2, -0.15) is 4.98 Å². The molecule has 28 heavy (non-hydrogen) atoms. The predicted octanol–water partition coefficient (Wildman–Crippen LogP) is 4.02. The minimum Gasteiger partial charge on any atom is -0.357 e. The zero-order valence-electron chi connectivity index (χ0n) is 17.7. The lowest BCUT2D eigenvalue weighted by atomic mass is 9.86. The van der Waals surface area contributed by atoms with Gasteiger partial charge in [-0.05, 0) is 43.2 Å². The molecule has 0 aliphatic carbocycles. The van der Waals surface area contributed by atoms with Gasteiger partial charge in [-0.15, -0.1) is 24.0 Å². The minimum atomic E-state index is 0. The second-order valence-electron chi connectivity index (χ2n) is 7.72. The van der Waals surface area contributed by atoms with Gasteiger partial charge in [-0.1, -0.05) is 50.2 Å². The molecule has 2 rings (SSSR count). The summed E-state index contributed by atoms with van der Waals surface area (Å²) in [5.41, 5.74) is 2.89. The van der Waals surface area contributed by atoms with E-state index in [1.165, 1.54) is 11.1 Å². The lowest BCUT2D eigenvalue weighted by Crippen LogP contribution is -2.38. The molecule has 6 nitrogen and oxygen atoms in total. The lowest BCUT2D eigenvalue weighted by Gasteiger charge is -2.19. The number of nitrogens with zero attached hydrogens (tertiary/aromatic N) is 3. The van der Waals surface area contributed by atoms with Gasteiger partial charge in [0, 0.05) is 26.1 Å². The van der Waals surface area contributed by atoms with Crippen LogP contribution in [0.4, 0.5) is 0 Å². The van der Waals surface area contributed by atoms with Crippen LogP contribution in [0, 0.1) is 6.92 Å². The van der Waals surface area contributed by atoms with Crippen LogP contribution >= 0.6 is 24.0 Å². The molecule has 1 aromatic heterocycles. The Hall–Kier alpha value is -1.64. The Kier molecular flexibility index (Phi) is 10.5. The number of aromatic nitrogens is 2. The molecule has 156 valence electrons. The molecule has 0 spiro atoms. The summed E-state index contributed by atoms with van der Waals surface area (Å²) in [6, 6.07) is 8.90. The first-order chi connectivity index (χ1) is 12.9. The van der Waals surface area contributed by atoms with Crippen molar-refractivity contribution in [1.82, 2.24) is 20.8 Å². The van der Waals surface area contributed by atoms with E-state index >= 15 is 0 Å². The van der Waals surface area contributed by atoms with Gasteiger partial charge in [0.2, 0.25) is 5.89 Å². The van der Waals surface area contributed by atoms with Gasteiger partial charge in [-0.3, -0.25) is 4.99 Å². The van der Waals surface area contributed by atoms with Gasteiger partial charge in [0.05, 0.1) is 0 Å². The van der Waals surface area contributed by atoms with E-state index in [0.29, 0.717) is 11.7 Å². The van der Waals surface area contributed by atoms with Crippen molar-refractivity contribution >= 4 is 29.9 Å². The van der Waals surface area contributed by atoms with Crippen molar-refractivity contribution < 1.29 is 4.52 Å². The monoisotopic (exact) mass is 499 g/mol. The summed E-state index contributed by atoms with van der Waals surface area (Å²) >= 11 is 0. The number of aryl methyl sites for hydroxylation is 2. The maximum absolute atomic E-state index is 5.12. The van der Waals surface area contributed by atoms with Crippen molar-refractivity contribution in [3.8, 4) is 0 Å². The predicted molar refractivity (Wildman–Crippen MR) is 126 cm³/mol. The van der Waals surface area contributed by atoms with Crippen molar-refractivity contribution in [2.45, 2.75) is 59.3 Å². The number of aliphatic imine (C=N–C) groups is 1. The van der Waals surface area contributed by atoms with E-state index in [0.717, 1.165) is 44.9 Å². The van der Waals surface area contributed by atoms with E-state index < -0.39 is 0 Å². The Morgan fingerprint density at radius 2 is 1.82 bits per heavy atom. The second-order valence-corrected chi connectivity index (χ2v) is 7.72. The molecule has 0 radical (unpaired) electrons. The highest BCUT2D eigenvalue weighted by Gasteiger charge is 2.12. The molecule has 0 saturated heterocycles. The molecule has 1 aromatic carbocycles. The third kappa shape index (κ3) is 8.58. The molecule has 0 amide bonds. The summed E-state index contributed by atoms with van der Waals surface area (Å²) in [4.78, 5) is 8.83. The average Bonchev–Trinajstić information content (AvgIpc) is 3.03. The van der Waals surface area contributed by atoms with E-state index in [1.54, 1.807) is 0 Å². The van der Waals surface area contributed by atoms with Gasteiger partial charge in [-0.25, -0.2) is 0 Å². The Balaban J connectivity index is 0.00000392. The molecule has 2 N–H and O–H groups in total. The largest absolute Gasteiger partial charge is 0.357 e. The molecule has 7 heteroatoms. The van der Waals surface area contributed by atoms with Crippen LogP contribution in [0.15, 0.2) is 33.8 Å². The van der Waals surface area contributed by atoms with Gasteiger partial charge in [0.1, 0.15) is 0 Å². The van der Waals surface area contributed by atoms with Crippen LogP contribution in [0.2, 0.25) is 0 Å². The van der Waals surface area contributed by atoms with Gasteiger partial charge >= 0.3 is 0 Å². The maximum Gasteiger partial charge on any atom is 0.226 e. The first kappa shape index (κ1) is 24.4. The summed E-state index contributed by atoms with van der Waals surface area (Å²) in [6.45, 7) is 13.0. The van der Waals surface area contributed by atoms with Crippen LogP contribution in [0.1, 0.15) is 57.0 Å². The zero-order chi connectivity index (χ0) is 19.7. The summed E-state index contributed by atoms with van der Waals surface area (Å²) in [7, 11) is 0. The first-order valence-corrected chi connectivity index (χ1v) is 9.79. The minimum absolute atomic E-state index is 0. The van der Waals surface area contributed by atoms with E-state index in [-0.39, 0.29) is 29.4 Å². The topological polar surface area (TPSA) is 75.3 Å². The van der Waals surface area contributed by atoms with Crippen molar-refractivity contribution in [3.05, 3.63) is 47.1 Å². The van der Waals surface area contributed by atoms with Crippen molar-refractivity contribution in [1.29, 1.82) is 0 Å². The molecule has 0 aliphatic rings. The summed E-state index contributed by atoms with van der Waals surface area (Å²) in [6.07, 6.45) is 2.60. The zero-order valence-corrected chi connectivity index (χ0v) is 20.0. The van der Waals surface area contributed by atoms with Crippen LogP contribution < -0.4 is 10.6 Å². The van der Waals surface area contributed by atoms with Crippen LogP contribution in [0.5, 0.6) is 0 Å². The average molecular weight is 499 g/mol. The molecule has 0 fully saturated rings. The lowest BCUT2D eigenvalue weighted by molar-refractivity contribution is 0.372. The molecule has 0 aliphatic heterocycles. The number of nitrogens with one attached hydrogen (secondary N) is 2. The number of guanidine groups is 1. The quantitative estimate of drug-likeness (QED) is 0.248. The van der Waals surface area contributed by atoms with Gasteiger partial charge < -0.3 is 15.2 Å². The van der Waals surface area contributed by atoms with Crippen LogP contribution in [0.25, 0.3) is 0 Å². The fourth-order valence-electron chi connectivity index (χ4n) is 2.70. The normalized spacial score (nSPS) is 11.8. The molecule has 0 unspecified atom stereocenters. The SMILES string of the molecule is CCNC(=NCCCc1nc(C)no1)NCCc1ccc(C(C)(C)C)cc1.I. The van der Waals surface area contributed by atoms with Crippen molar-refractivity contribution in [3.63, 3.8) is 0 Å². The smallest absolute Gasteiger partial charge is 0.226 e. The van der Waals surface area contributed by atoms with Gasteiger partial charge in [0.25, 0.3) is 0 Å². The number of hydrogen-bond acceptors (Lipinski definition) is 4. The maximum atomic E-state index is 5.12. The Bertz CT molecular complexity index is 719. The standard InChI is InChI=1S/C21H33N5O.HI/c1-6-22-20(23-14-7-8-19-25-16(2)26-27-19)24-15-13-17-9-11-18(12-10-17)21(3,4)5;/h9-12H,6-8,13-15H2,1-5H3,(H2,22,23,24);1H. The van der Waals surface area contributed by atoms with Crippen molar-refractivity contribution in [2.75, 3.05) is 19.6 Å². The highest BCUT2D eigenvalue weighted by Crippen LogP contribution is 2.22. The first-order valence-electron chi connectivity index (χ1n) is 9.79. The highest BCUT2D eigenvalue weighted by molar-refractivity contribution is 14.0. The molecule has 0 saturated carbocycles. The van der Waals surface area contributed by atoms with Gasteiger partial charge in [0.15, 0.2) is 11.8 Å². The van der Waals surface area contributed by atoms with E-state index in [2.05, 4.69) is 77.7 Å². The van der Waals surface area contributed by atoms with Crippen LogP contribution in [-0.4, -0.2) is 35.7 Å². The third-order valence-corrected chi connectivity index (χ3v) is 4.26.